The molecule has 1 aliphatic carbocycles. The molecule has 3 rings (SSSR count). The van der Waals surface area contributed by atoms with Crippen molar-refractivity contribution >= 4 is 11.8 Å². The van der Waals surface area contributed by atoms with Gasteiger partial charge in [-0.3, -0.25) is 24.9 Å². The predicted molar refractivity (Wildman–Crippen MR) is 67.9 cm³/mol. The number of rotatable bonds is 4. The minimum Gasteiger partial charge on any atom is -0.300 e. The van der Waals surface area contributed by atoms with E-state index in [4.69, 9.17) is 0 Å². The summed E-state index contributed by atoms with van der Waals surface area (Å²) >= 11 is 0. The van der Waals surface area contributed by atoms with E-state index in [1.807, 2.05) is 6.07 Å². The third-order valence-electron chi connectivity index (χ3n) is 3.97. The standard InChI is InChI=1S/C13H18N4O2/c18-12-7-11(14-8-9-5-6-15-16-9)13(19)17(12)10-3-1-2-4-10/h5-6,10-11,14H,1-4,7-8H2,(H,15,16). The second kappa shape index (κ2) is 5.13. The summed E-state index contributed by atoms with van der Waals surface area (Å²) in [6.07, 6.45) is 6.12. The third-order valence-corrected chi connectivity index (χ3v) is 3.97. The Morgan fingerprint density at radius 2 is 2.16 bits per heavy atom. The fraction of sp³-hybridized carbons (Fsp3) is 0.615. The number of hydrogen-bond donors (Lipinski definition) is 2. The molecule has 0 aromatic carbocycles. The maximum absolute atomic E-state index is 12.3. The molecule has 6 heteroatoms. The molecule has 2 fully saturated rings. The highest BCUT2D eigenvalue weighted by atomic mass is 16.2. The molecule has 0 spiro atoms. The number of carbonyl (C=O) groups is 2. The van der Waals surface area contributed by atoms with Crippen LogP contribution in [0.1, 0.15) is 37.8 Å². The molecule has 0 radical (unpaired) electrons. The third kappa shape index (κ3) is 2.40. The van der Waals surface area contributed by atoms with E-state index in [-0.39, 0.29) is 30.3 Å². The highest BCUT2D eigenvalue weighted by Crippen LogP contribution is 2.28. The molecule has 2 heterocycles. The van der Waals surface area contributed by atoms with Gasteiger partial charge >= 0.3 is 0 Å². The Morgan fingerprint density at radius 3 is 2.84 bits per heavy atom. The average molecular weight is 262 g/mol. The maximum atomic E-state index is 12.3. The van der Waals surface area contributed by atoms with Gasteiger partial charge in [-0.1, -0.05) is 12.8 Å². The minimum absolute atomic E-state index is 0.0287. The number of nitrogens with zero attached hydrogens (tertiary/aromatic N) is 2. The lowest BCUT2D eigenvalue weighted by atomic mass is 10.2. The Bertz CT molecular complexity index is 465. The Morgan fingerprint density at radius 1 is 1.37 bits per heavy atom. The van der Waals surface area contributed by atoms with E-state index in [1.165, 1.54) is 4.90 Å². The van der Waals surface area contributed by atoms with Gasteiger partial charge in [0.05, 0.1) is 12.5 Å². The van der Waals surface area contributed by atoms with Crippen molar-refractivity contribution < 1.29 is 9.59 Å². The van der Waals surface area contributed by atoms with E-state index in [1.54, 1.807) is 6.20 Å². The van der Waals surface area contributed by atoms with Gasteiger partial charge in [-0.25, -0.2) is 0 Å². The Hall–Kier alpha value is -1.69. The number of nitrogens with one attached hydrogen (secondary N) is 2. The number of amides is 2. The molecule has 1 unspecified atom stereocenters. The molecular formula is C13H18N4O2. The SMILES string of the molecule is O=C1CC(NCc2ccn[nH]2)C(=O)N1C1CCCC1. The second-order valence-corrected chi connectivity index (χ2v) is 5.26. The largest absolute Gasteiger partial charge is 0.300 e. The molecule has 1 saturated heterocycles. The molecule has 2 N–H and O–H groups in total. The number of carbonyl (C=O) groups excluding carboxylic acids is 2. The molecule has 2 aliphatic rings. The molecule has 1 aliphatic heterocycles. The smallest absolute Gasteiger partial charge is 0.247 e. The lowest BCUT2D eigenvalue weighted by molar-refractivity contribution is -0.141. The van der Waals surface area contributed by atoms with Crippen LogP contribution >= 0.6 is 0 Å². The van der Waals surface area contributed by atoms with Gasteiger partial charge in [0.2, 0.25) is 11.8 Å². The van der Waals surface area contributed by atoms with Crippen molar-refractivity contribution in [2.45, 2.75) is 50.7 Å². The summed E-state index contributed by atoms with van der Waals surface area (Å²) in [4.78, 5) is 25.8. The van der Waals surface area contributed by atoms with E-state index in [9.17, 15) is 9.59 Å². The first kappa shape index (κ1) is 12.3. The van der Waals surface area contributed by atoms with Crippen LogP contribution in [0.3, 0.4) is 0 Å². The summed E-state index contributed by atoms with van der Waals surface area (Å²) in [5.41, 5.74) is 0.916. The quantitative estimate of drug-likeness (QED) is 0.778. The Labute approximate surface area is 111 Å². The van der Waals surface area contributed by atoms with E-state index >= 15 is 0 Å². The molecular weight excluding hydrogens is 244 g/mol. The molecule has 1 saturated carbocycles. The van der Waals surface area contributed by atoms with Crippen molar-refractivity contribution in [2.75, 3.05) is 0 Å². The highest BCUT2D eigenvalue weighted by molar-refractivity contribution is 6.05. The lowest BCUT2D eigenvalue weighted by Gasteiger charge is -2.22. The van der Waals surface area contributed by atoms with Gasteiger partial charge in [0.25, 0.3) is 0 Å². The fourth-order valence-corrected chi connectivity index (χ4v) is 2.97. The van der Waals surface area contributed by atoms with E-state index in [2.05, 4.69) is 15.5 Å². The zero-order chi connectivity index (χ0) is 13.2. The van der Waals surface area contributed by atoms with Crippen LogP contribution in [0.4, 0.5) is 0 Å². The Balaban J connectivity index is 1.61. The monoisotopic (exact) mass is 262 g/mol. The summed E-state index contributed by atoms with van der Waals surface area (Å²) in [7, 11) is 0. The van der Waals surface area contributed by atoms with Gasteiger partial charge in [0.1, 0.15) is 0 Å². The second-order valence-electron chi connectivity index (χ2n) is 5.26. The van der Waals surface area contributed by atoms with Gasteiger partial charge in [0.15, 0.2) is 0 Å². The number of hydrogen-bond acceptors (Lipinski definition) is 4. The molecule has 1 aromatic rings. The molecule has 19 heavy (non-hydrogen) atoms. The number of H-pyrrole nitrogens is 1. The minimum atomic E-state index is -0.378. The van der Waals surface area contributed by atoms with Gasteiger partial charge in [-0.05, 0) is 18.9 Å². The van der Waals surface area contributed by atoms with Gasteiger partial charge < -0.3 is 0 Å². The van der Waals surface area contributed by atoms with Crippen molar-refractivity contribution in [1.82, 2.24) is 20.4 Å². The lowest BCUT2D eigenvalue weighted by Crippen LogP contribution is -2.42. The van der Waals surface area contributed by atoms with Gasteiger partial charge in [-0.15, -0.1) is 0 Å². The van der Waals surface area contributed by atoms with Crippen molar-refractivity contribution in [2.24, 2.45) is 0 Å². The van der Waals surface area contributed by atoms with Gasteiger partial charge in [-0.2, -0.15) is 5.10 Å². The van der Waals surface area contributed by atoms with Crippen LogP contribution in [0.5, 0.6) is 0 Å². The first-order valence-corrected chi connectivity index (χ1v) is 6.83. The molecule has 102 valence electrons. The van der Waals surface area contributed by atoms with E-state index < -0.39 is 0 Å². The molecule has 0 bridgehead atoms. The summed E-state index contributed by atoms with van der Waals surface area (Å²) in [5.74, 6) is -0.0876. The topological polar surface area (TPSA) is 78.1 Å². The summed E-state index contributed by atoms with van der Waals surface area (Å²) in [6, 6.07) is 1.61. The summed E-state index contributed by atoms with van der Waals surface area (Å²) in [6.45, 7) is 0.530. The van der Waals surface area contributed by atoms with Crippen molar-refractivity contribution in [3.05, 3.63) is 18.0 Å². The molecule has 2 amide bonds. The number of aromatic amines is 1. The number of likely N-dealkylation sites (tertiary alicyclic amines) is 1. The average Bonchev–Trinajstić information content (AvgIpc) is 3.09. The Kier molecular flexibility index (Phi) is 3.33. The van der Waals surface area contributed by atoms with E-state index in [0.29, 0.717) is 6.54 Å². The van der Waals surface area contributed by atoms with Crippen LogP contribution in [0.15, 0.2) is 12.3 Å². The summed E-state index contributed by atoms with van der Waals surface area (Å²) < 4.78 is 0. The van der Waals surface area contributed by atoms with Crippen molar-refractivity contribution in [3.63, 3.8) is 0 Å². The zero-order valence-corrected chi connectivity index (χ0v) is 10.8. The first-order chi connectivity index (χ1) is 9.25. The van der Waals surface area contributed by atoms with E-state index in [0.717, 1.165) is 31.4 Å². The van der Waals surface area contributed by atoms with Gasteiger partial charge in [0, 0.05) is 24.5 Å². The van der Waals surface area contributed by atoms with Crippen LogP contribution in [-0.4, -0.2) is 39.0 Å². The van der Waals surface area contributed by atoms with Crippen LogP contribution < -0.4 is 5.32 Å². The van der Waals surface area contributed by atoms with Crippen molar-refractivity contribution in [1.29, 1.82) is 0 Å². The normalized spacial score (nSPS) is 24.6. The fourth-order valence-electron chi connectivity index (χ4n) is 2.97. The van der Waals surface area contributed by atoms with Crippen molar-refractivity contribution in [3.8, 4) is 0 Å². The maximum Gasteiger partial charge on any atom is 0.247 e. The highest BCUT2D eigenvalue weighted by Gasteiger charge is 2.42. The molecule has 6 nitrogen and oxygen atoms in total. The zero-order valence-electron chi connectivity index (χ0n) is 10.8. The number of imide groups is 1. The predicted octanol–water partition coefficient (Wildman–Crippen LogP) is 0.569. The first-order valence-electron chi connectivity index (χ1n) is 6.83. The van der Waals surface area contributed by atoms with Crippen LogP contribution in [-0.2, 0) is 16.1 Å². The number of aromatic nitrogens is 2. The molecule has 1 atom stereocenters. The molecule has 1 aromatic heterocycles. The summed E-state index contributed by atoms with van der Waals surface area (Å²) in [5, 5.41) is 9.82. The van der Waals surface area contributed by atoms with Crippen LogP contribution in [0.2, 0.25) is 0 Å². The van der Waals surface area contributed by atoms with Crippen LogP contribution in [0, 0.1) is 0 Å². The van der Waals surface area contributed by atoms with Crippen LogP contribution in [0.25, 0.3) is 0 Å².